The van der Waals surface area contributed by atoms with Gasteiger partial charge in [-0.25, -0.2) is 4.98 Å². The average Bonchev–Trinajstić information content (AvgIpc) is 3.62. The van der Waals surface area contributed by atoms with Crippen molar-refractivity contribution in [1.82, 2.24) is 15.2 Å². The minimum atomic E-state index is -0.917. The SMILES string of the molecule is O=C(NC[C@H](C(=O)O)c1cccc(N2CC3C[C@@H]2CO3)c1)[C@@H]1CCCN(CCCc2ccc3c(n2)NCCC3)C1. The number of nitrogens with one attached hydrogen (secondary N) is 2. The zero-order valence-corrected chi connectivity index (χ0v) is 23.2. The monoisotopic (exact) mass is 547 g/mol. The molecule has 4 aliphatic rings. The Balaban J connectivity index is 0.992. The molecule has 0 radical (unpaired) electrons. The fraction of sp³-hybridized carbons (Fsp3) is 0.581. The number of aryl methyl sites for hydroxylation is 2. The molecule has 3 fully saturated rings. The number of carboxylic acid groups (broad SMARTS) is 1. The molecule has 5 heterocycles. The number of rotatable bonds is 10. The second kappa shape index (κ2) is 12.1. The summed E-state index contributed by atoms with van der Waals surface area (Å²) in [7, 11) is 0. The number of hydrogen-bond donors (Lipinski definition) is 3. The lowest BCUT2D eigenvalue weighted by atomic mass is 9.95. The summed E-state index contributed by atoms with van der Waals surface area (Å²) in [6.45, 7) is 5.32. The molecule has 3 saturated heterocycles. The van der Waals surface area contributed by atoms with Gasteiger partial charge in [0.25, 0.3) is 0 Å². The first kappa shape index (κ1) is 27.0. The van der Waals surface area contributed by atoms with Crippen molar-refractivity contribution in [1.29, 1.82) is 0 Å². The Labute approximate surface area is 236 Å². The number of likely N-dealkylation sites (tertiary alicyclic amines) is 1. The molecular formula is C31H41N5O4. The molecule has 3 N–H and O–H groups in total. The number of piperidine rings is 1. The zero-order chi connectivity index (χ0) is 27.5. The summed E-state index contributed by atoms with van der Waals surface area (Å²) in [6, 6.07) is 12.5. The maximum atomic E-state index is 13.1. The number of aliphatic carboxylic acids is 1. The second-order valence-corrected chi connectivity index (χ2v) is 11.8. The molecule has 9 heteroatoms. The maximum absolute atomic E-state index is 13.1. The van der Waals surface area contributed by atoms with Gasteiger partial charge in [0.15, 0.2) is 0 Å². The molecule has 214 valence electrons. The van der Waals surface area contributed by atoms with Crippen molar-refractivity contribution >= 4 is 23.4 Å². The molecule has 40 heavy (non-hydrogen) atoms. The molecule has 1 amide bonds. The fourth-order valence-electron chi connectivity index (χ4n) is 6.80. The quantitative estimate of drug-likeness (QED) is 0.417. The predicted molar refractivity (Wildman–Crippen MR) is 154 cm³/mol. The van der Waals surface area contributed by atoms with Crippen LogP contribution in [0.2, 0.25) is 0 Å². The number of anilines is 2. The molecule has 2 aromatic rings. The number of pyridine rings is 1. The third-order valence-corrected chi connectivity index (χ3v) is 9.02. The molecule has 2 bridgehead atoms. The van der Waals surface area contributed by atoms with Crippen LogP contribution in [0.4, 0.5) is 11.5 Å². The summed E-state index contributed by atoms with van der Waals surface area (Å²) >= 11 is 0. The topological polar surface area (TPSA) is 107 Å². The summed E-state index contributed by atoms with van der Waals surface area (Å²) < 4.78 is 5.72. The minimum Gasteiger partial charge on any atom is -0.481 e. The van der Waals surface area contributed by atoms with Crippen LogP contribution in [0.3, 0.4) is 0 Å². The van der Waals surface area contributed by atoms with Crippen molar-refractivity contribution in [2.24, 2.45) is 5.92 Å². The molecule has 6 rings (SSSR count). The Bertz CT molecular complexity index is 1220. The van der Waals surface area contributed by atoms with E-state index in [9.17, 15) is 14.7 Å². The van der Waals surface area contributed by atoms with E-state index in [2.05, 4.69) is 32.6 Å². The number of carbonyl (C=O) groups excluding carboxylic acids is 1. The third-order valence-electron chi connectivity index (χ3n) is 9.02. The van der Waals surface area contributed by atoms with Crippen LogP contribution in [0.5, 0.6) is 0 Å². The van der Waals surface area contributed by atoms with Gasteiger partial charge in [-0.3, -0.25) is 9.59 Å². The van der Waals surface area contributed by atoms with E-state index in [1.165, 1.54) is 5.56 Å². The molecule has 1 unspecified atom stereocenters. The van der Waals surface area contributed by atoms with Crippen LogP contribution in [0.1, 0.15) is 54.8 Å². The van der Waals surface area contributed by atoms with E-state index in [-0.39, 0.29) is 24.5 Å². The normalized spacial score (nSPS) is 24.8. The van der Waals surface area contributed by atoms with Crippen molar-refractivity contribution in [2.75, 3.05) is 56.1 Å². The van der Waals surface area contributed by atoms with Gasteiger partial charge in [0.2, 0.25) is 5.91 Å². The first-order valence-electron chi connectivity index (χ1n) is 15.0. The Kier molecular flexibility index (Phi) is 8.20. The molecule has 1 aromatic carbocycles. The fourth-order valence-corrected chi connectivity index (χ4v) is 6.80. The lowest BCUT2D eigenvalue weighted by molar-refractivity contribution is -0.138. The smallest absolute Gasteiger partial charge is 0.312 e. The van der Waals surface area contributed by atoms with Crippen molar-refractivity contribution in [3.63, 3.8) is 0 Å². The van der Waals surface area contributed by atoms with Gasteiger partial charge in [0.1, 0.15) is 5.82 Å². The van der Waals surface area contributed by atoms with Crippen LogP contribution in [0.25, 0.3) is 0 Å². The Morgan fingerprint density at radius 3 is 2.95 bits per heavy atom. The molecule has 4 aliphatic heterocycles. The summed E-state index contributed by atoms with van der Waals surface area (Å²) in [4.78, 5) is 34.8. The van der Waals surface area contributed by atoms with Crippen LogP contribution < -0.4 is 15.5 Å². The summed E-state index contributed by atoms with van der Waals surface area (Å²) in [5.74, 6) is -0.801. The number of carbonyl (C=O) groups is 2. The first-order valence-corrected chi connectivity index (χ1v) is 15.0. The molecule has 0 saturated carbocycles. The van der Waals surface area contributed by atoms with Gasteiger partial charge in [-0.2, -0.15) is 0 Å². The molecule has 0 aliphatic carbocycles. The molecular weight excluding hydrogens is 506 g/mol. The second-order valence-electron chi connectivity index (χ2n) is 11.8. The average molecular weight is 548 g/mol. The summed E-state index contributed by atoms with van der Waals surface area (Å²) in [5.41, 5.74) is 4.20. The van der Waals surface area contributed by atoms with Gasteiger partial charge < -0.3 is 30.3 Å². The number of morpholine rings is 1. The van der Waals surface area contributed by atoms with Crippen LogP contribution in [-0.4, -0.2) is 84.9 Å². The van der Waals surface area contributed by atoms with Gasteiger partial charge in [-0.05, 0) is 87.4 Å². The number of amides is 1. The number of nitrogens with zero attached hydrogens (tertiary/aromatic N) is 3. The number of carboxylic acids is 1. The van der Waals surface area contributed by atoms with E-state index in [1.54, 1.807) is 0 Å². The molecule has 4 atom stereocenters. The van der Waals surface area contributed by atoms with E-state index in [0.29, 0.717) is 6.04 Å². The standard InChI is InChI=1S/C31H41N5O4/c37-30(23-7-3-13-35(18-23)14-4-8-24-11-10-21-6-2-12-32-29(21)34-24)33-17-28(31(38)39)22-5-1-9-25(15-22)36-19-27-16-26(36)20-40-27/h1,5,9-11,15,23,26-28H,2-4,6-8,12-14,16-20H2,(H,32,34)(H,33,37)(H,38,39)/t23-,26-,27?,28+/m1/s1. The van der Waals surface area contributed by atoms with Crippen molar-refractivity contribution in [3.05, 3.63) is 53.2 Å². The van der Waals surface area contributed by atoms with Gasteiger partial charge in [-0.15, -0.1) is 0 Å². The molecule has 0 spiro atoms. The predicted octanol–water partition coefficient (Wildman–Crippen LogP) is 3.05. The first-order chi connectivity index (χ1) is 19.5. The third kappa shape index (κ3) is 6.10. The van der Waals surface area contributed by atoms with Crippen molar-refractivity contribution in [3.8, 4) is 0 Å². The van der Waals surface area contributed by atoms with E-state index >= 15 is 0 Å². The lowest BCUT2D eigenvalue weighted by Crippen LogP contribution is -2.44. The number of ether oxygens (including phenoxy) is 1. The molecule has 9 nitrogen and oxygen atoms in total. The highest BCUT2D eigenvalue weighted by molar-refractivity contribution is 5.81. The largest absolute Gasteiger partial charge is 0.481 e. The van der Waals surface area contributed by atoms with Crippen LogP contribution in [0.15, 0.2) is 36.4 Å². The van der Waals surface area contributed by atoms with Gasteiger partial charge in [-0.1, -0.05) is 18.2 Å². The zero-order valence-electron chi connectivity index (χ0n) is 23.2. The van der Waals surface area contributed by atoms with Crippen LogP contribution in [0, 0.1) is 5.92 Å². The Morgan fingerprint density at radius 2 is 2.12 bits per heavy atom. The molecule has 1 aromatic heterocycles. The van der Waals surface area contributed by atoms with Gasteiger partial charge >= 0.3 is 5.97 Å². The highest BCUT2D eigenvalue weighted by Crippen LogP contribution is 2.34. The number of hydrogen-bond acceptors (Lipinski definition) is 7. The lowest BCUT2D eigenvalue weighted by Gasteiger charge is -2.32. The van der Waals surface area contributed by atoms with Gasteiger partial charge in [0, 0.05) is 37.6 Å². The summed E-state index contributed by atoms with van der Waals surface area (Å²) in [5, 5.41) is 16.4. The Hall–Kier alpha value is -3.17. The van der Waals surface area contributed by atoms with Crippen molar-refractivity contribution in [2.45, 2.75) is 63.0 Å². The van der Waals surface area contributed by atoms with E-state index < -0.39 is 11.9 Å². The van der Waals surface area contributed by atoms with E-state index in [0.717, 1.165) is 107 Å². The highest BCUT2D eigenvalue weighted by Gasteiger charge is 2.39. The summed E-state index contributed by atoms with van der Waals surface area (Å²) in [6.07, 6.45) is 7.31. The van der Waals surface area contributed by atoms with E-state index in [4.69, 9.17) is 9.72 Å². The number of benzene rings is 1. The maximum Gasteiger partial charge on any atom is 0.312 e. The number of aromatic nitrogens is 1. The van der Waals surface area contributed by atoms with Crippen molar-refractivity contribution < 1.29 is 19.4 Å². The van der Waals surface area contributed by atoms with E-state index in [1.807, 2.05) is 24.3 Å². The highest BCUT2D eigenvalue weighted by atomic mass is 16.5. The van der Waals surface area contributed by atoms with Crippen LogP contribution in [-0.2, 0) is 27.2 Å². The minimum absolute atomic E-state index is 0.0384. The van der Waals surface area contributed by atoms with Crippen LogP contribution >= 0.6 is 0 Å². The Morgan fingerprint density at radius 1 is 1.20 bits per heavy atom. The van der Waals surface area contributed by atoms with Gasteiger partial charge in [0.05, 0.1) is 30.6 Å². The number of fused-ring (bicyclic) bond motifs is 3.